The highest BCUT2D eigenvalue weighted by molar-refractivity contribution is 9.10. The third-order valence-corrected chi connectivity index (χ3v) is 4.37. The van der Waals surface area contributed by atoms with Crippen molar-refractivity contribution in [2.45, 2.75) is 32.1 Å². The fourth-order valence-electron chi connectivity index (χ4n) is 2.61. The number of benzene rings is 1. The predicted octanol–water partition coefficient (Wildman–Crippen LogP) is 4.11. The first kappa shape index (κ1) is 12.7. The van der Waals surface area contributed by atoms with E-state index in [9.17, 15) is 5.11 Å². The number of rotatable bonds is 2. The van der Waals surface area contributed by atoms with Crippen LogP contribution in [0.1, 0.15) is 37.9 Å². The Hall–Kier alpha value is -1.36. The highest BCUT2D eigenvalue weighted by Gasteiger charge is 2.27. The van der Waals surface area contributed by atoms with Gasteiger partial charge in [0.2, 0.25) is 0 Å². The minimum atomic E-state index is 0.173. The SMILES string of the molecule is CC1CCC(c2noc(-c3ccc(Br)c(O)c3)n2)C1. The molecule has 4 nitrogen and oxygen atoms in total. The van der Waals surface area contributed by atoms with E-state index < -0.39 is 0 Å². The Labute approximate surface area is 120 Å². The van der Waals surface area contributed by atoms with Crippen LogP contribution in [0.5, 0.6) is 5.75 Å². The number of aromatic hydroxyl groups is 1. The molecule has 0 radical (unpaired) electrons. The Bertz CT molecular complexity index is 597. The fourth-order valence-corrected chi connectivity index (χ4v) is 2.85. The number of aromatic nitrogens is 2. The third kappa shape index (κ3) is 2.52. The van der Waals surface area contributed by atoms with Crippen LogP contribution in [0.2, 0.25) is 0 Å². The molecule has 1 aliphatic carbocycles. The summed E-state index contributed by atoms with van der Waals surface area (Å²) in [6.07, 6.45) is 3.49. The zero-order valence-electron chi connectivity index (χ0n) is 10.6. The van der Waals surface area contributed by atoms with E-state index in [1.54, 1.807) is 12.1 Å². The van der Waals surface area contributed by atoms with E-state index in [-0.39, 0.29) is 5.75 Å². The van der Waals surface area contributed by atoms with Gasteiger partial charge in [0.15, 0.2) is 5.82 Å². The highest BCUT2D eigenvalue weighted by Crippen LogP contribution is 2.37. The predicted molar refractivity (Wildman–Crippen MR) is 74.9 cm³/mol. The summed E-state index contributed by atoms with van der Waals surface area (Å²) in [5, 5.41) is 13.8. The largest absolute Gasteiger partial charge is 0.507 e. The van der Waals surface area contributed by atoms with Crippen molar-refractivity contribution in [3.8, 4) is 17.2 Å². The van der Waals surface area contributed by atoms with E-state index in [2.05, 4.69) is 33.0 Å². The lowest BCUT2D eigenvalue weighted by atomic mass is 10.1. The summed E-state index contributed by atoms with van der Waals surface area (Å²) in [4.78, 5) is 4.46. The molecule has 0 bridgehead atoms. The van der Waals surface area contributed by atoms with Crippen LogP contribution in [0, 0.1) is 5.92 Å². The van der Waals surface area contributed by atoms with Crippen molar-refractivity contribution >= 4 is 15.9 Å². The average Bonchev–Trinajstić information content (AvgIpc) is 3.01. The van der Waals surface area contributed by atoms with Crippen LogP contribution in [0.15, 0.2) is 27.2 Å². The second-order valence-electron chi connectivity index (χ2n) is 5.24. The Balaban J connectivity index is 1.86. The average molecular weight is 323 g/mol. The maximum absolute atomic E-state index is 9.68. The summed E-state index contributed by atoms with van der Waals surface area (Å²) in [5.74, 6) is 2.59. The van der Waals surface area contributed by atoms with Gasteiger partial charge in [-0.2, -0.15) is 4.98 Å². The van der Waals surface area contributed by atoms with Gasteiger partial charge in [-0.05, 0) is 59.3 Å². The number of hydrogen-bond acceptors (Lipinski definition) is 4. The molecule has 3 rings (SSSR count). The van der Waals surface area contributed by atoms with Crippen LogP contribution in [-0.2, 0) is 0 Å². The topological polar surface area (TPSA) is 59.2 Å². The van der Waals surface area contributed by atoms with Gasteiger partial charge in [0, 0.05) is 11.5 Å². The third-order valence-electron chi connectivity index (χ3n) is 3.69. The second-order valence-corrected chi connectivity index (χ2v) is 6.09. The van der Waals surface area contributed by atoms with Crippen LogP contribution < -0.4 is 0 Å². The first-order valence-corrected chi connectivity index (χ1v) is 7.25. The number of phenolic OH excluding ortho intramolecular Hbond substituents is 1. The second kappa shape index (κ2) is 4.96. The molecule has 0 amide bonds. The molecule has 2 unspecified atom stereocenters. The minimum absolute atomic E-state index is 0.173. The van der Waals surface area contributed by atoms with E-state index in [1.165, 1.54) is 6.42 Å². The van der Waals surface area contributed by atoms with Gasteiger partial charge in [-0.3, -0.25) is 0 Å². The lowest BCUT2D eigenvalue weighted by molar-refractivity contribution is 0.414. The van der Waals surface area contributed by atoms with Gasteiger partial charge >= 0.3 is 0 Å². The van der Waals surface area contributed by atoms with E-state index in [0.29, 0.717) is 16.3 Å². The number of halogens is 1. The molecular formula is C14H15BrN2O2. The van der Waals surface area contributed by atoms with Crippen LogP contribution in [0.3, 0.4) is 0 Å². The number of hydrogen-bond donors (Lipinski definition) is 1. The molecule has 0 aliphatic heterocycles. The van der Waals surface area contributed by atoms with Crippen LogP contribution >= 0.6 is 15.9 Å². The van der Waals surface area contributed by atoms with Crippen LogP contribution in [0.4, 0.5) is 0 Å². The van der Waals surface area contributed by atoms with Crippen molar-refractivity contribution in [1.82, 2.24) is 10.1 Å². The maximum Gasteiger partial charge on any atom is 0.258 e. The maximum atomic E-state index is 9.68. The summed E-state index contributed by atoms with van der Waals surface area (Å²) in [6, 6.07) is 5.24. The Morgan fingerprint density at radius 2 is 2.21 bits per heavy atom. The fraction of sp³-hybridized carbons (Fsp3) is 0.429. The first-order chi connectivity index (χ1) is 9.13. The Morgan fingerprint density at radius 3 is 2.89 bits per heavy atom. The lowest BCUT2D eigenvalue weighted by Gasteiger charge is -2.01. The molecule has 1 aromatic heterocycles. The van der Waals surface area contributed by atoms with Crippen LogP contribution in [-0.4, -0.2) is 15.2 Å². The molecule has 19 heavy (non-hydrogen) atoms. The quantitative estimate of drug-likeness (QED) is 0.903. The molecule has 0 saturated heterocycles. The summed E-state index contributed by atoms with van der Waals surface area (Å²) in [6.45, 7) is 2.26. The highest BCUT2D eigenvalue weighted by atomic mass is 79.9. The van der Waals surface area contributed by atoms with Crippen molar-refractivity contribution in [3.05, 3.63) is 28.5 Å². The van der Waals surface area contributed by atoms with Gasteiger partial charge in [-0.25, -0.2) is 0 Å². The van der Waals surface area contributed by atoms with E-state index >= 15 is 0 Å². The molecule has 1 saturated carbocycles. The van der Waals surface area contributed by atoms with Gasteiger partial charge in [0.05, 0.1) is 4.47 Å². The molecular weight excluding hydrogens is 308 g/mol. The summed E-state index contributed by atoms with van der Waals surface area (Å²) >= 11 is 3.25. The Kier molecular flexibility index (Phi) is 3.31. The minimum Gasteiger partial charge on any atom is -0.507 e. The molecule has 2 aromatic rings. The normalized spacial score (nSPS) is 22.8. The van der Waals surface area contributed by atoms with Gasteiger partial charge in [-0.15, -0.1) is 0 Å². The van der Waals surface area contributed by atoms with E-state index in [1.807, 2.05) is 6.07 Å². The molecule has 5 heteroatoms. The molecule has 100 valence electrons. The lowest BCUT2D eigenvalue weighted by Crippen LogP contribution is -1.96. The zero-order chi connectivity index (χ0) is 13.4. The van der Waals surface area contributed by atoms with Crippen molar-refractivity contribution in [1.29, 1.82) is 0 Å². The van der Waals surface area contributed by atoms with Crippen LogP contribution in [0.25, 0.3) is 11.5 Å². The molecule has 1 N–H and O–H groups in total. The van der Waals surface area contributed by atoms with Crippen molar-refractivity contribution in [2.24, 2.45) is 5.92 Å². The van der Waals surface area contributed by atoms with E-state index in [4.69, 9.17) is 4.52 Å². The standard InChI is InChI=1S/C14H15BrN2O2/c1-8-2-3-9(6-8)13-16-14(19-17-13)10-4-5-11(15)12(18)7-10/h4-5,7-9,18H,2-3,6H2,1H3. The molecule has 1 aliphatic rings. The van der Waals surface area contributed by atoms with Crippen molar-refractivity contribution in [2.75, 3.05) is 0 Å². The van der Waals surface area contributed by atoms with E-state index in [0.717, 1.165) is 30.1 Å². The number of phenols is 1. The van der Waals surface area contributed by atoms with Gasteiger partial charge in [0.25, 0.3) is 5.89 Å². The first-order valence-electron chi connectivity index (χ1n) is 6.46. The van der Waals surface area contributed by atoms with Gasteiger partial charge < -0.3 is 9.63 Å². The van der Waals surface area contributed by atoms with Crippen molar-refractivity contribution < 1.29 is 9.63 Å². The molecule has 1 heterocycles. The van der Waals surface area contributed by atoms with Gasteiger partial charge in [0.1, 0.15) is 5.75 Å². The monoisotopic (exact) mass is 322 g/mol. The Morgan fingerprint density at radius 1 is 1.37 bits per heavy atom. The molecule has 1 fully saturated rings. The zero-order valence-corrected chi connectivity index (χ0v) is 12.2. The smallest absolute Gasteiger partial charge is 0.258 e. The molecule has 1 aromatic carbocycles. The number of nitrogens with zero attached hydrogens (tertiary/aromatic N) is 2. The molecule has 0 spiro atoms. The summed E-state index contributed by atoms with van der Waals surface area (Å²) < 4.78 is 5.96. The summed E-state index contributed by atoms with van der Waals surface area (Å²) in [5.41, 5.74) is 0.741. The van der Waals surface area contributed by atoms with Gasteiger partial charge in [-0.1, -0.05) is 12.1 Å². The molecule has 2 atom stereocenters. The van der Waals surface area contributed by atoms with Crippen molar-refractivity contribution in [3.63, 3.8) is 0 Å². The summed E-state index contributed by atoms with van der Waals surface area (Å²) in [7, 11) is 0.